The fraction of sp³-hybridized carbons (Fsp3) is 0.444. The Hall–Kier alpha value is -1.13. The highest BCUT2D eigenvalue weighted by Gasteiger charge is 2.24. The normalized spacial score (nSPS) is 26.9. The number of nitrogens with zero attached hydrogens (tertiary/aromatic N) is 1. The van der Waals surface area contributed by atoms with Crippen LogP contribution < -0.4 is 0 Å². The van der Waals surface area contributed by atoms with Crippen LogP contribution in [0, 0.1) is 0 Å². The number of aliphatic hydroxyl groups excluding tert-OH is 1. The number of pyridine rings is 1. The zero-order valence-electron chi connectivity index (χ0n) is 7.27. The van der Waals surface area contributed by atoms with Crippen LogP contribution >= 0.6 is 0 Å². The molecule has 0 radical (unpaired) electrons. The van der Waals surface area contributed by atoms with E-state index >= 15 is 0 Å². The molecule has 2 unspecified atom stereocenters. The molecule has 1 aliphatic heterocycles. The van der Waals surface area contributed by atoms with E-state index < -0.39 is 6.29 Å². The zero-order chi connectivity index (χ0) is 9.42. The second kappa shape index (κ2) is 2.97. The van der Waals surface area contributed by atoms with Gasteiger partial charge in [0.25, 0.3) is 0 Å². The smallest absolute Gasteiger partial charge is 0.210 e. The van der Waals surface area contributed by atoms with Crippen molar-refractivity contribution in [1.29, 1.82) is 0 Å². The lowest BCUT2D eigenvalue weighted by molar-refractivity contribution is -0.144. The second-order valence-corrected chi connectivity index (χ2v) is 3.21. The number of aliphatic hydroxyl groups is 1. The number of aromatic hydroxyl groups is 1. The Bertz CT molecular complexity index is 327. The molecule has 0 fully saturated rings. The lowest BCUT2D eigenvalue weighted by atomic mass is 10.0. The third-order valence-corrected chi connectivity index (χ3v) is 2.10. The van der Waals surface area contributed by atoms with Gasteiger partial charge in [-0.2, -0.15) is 0 Å². The molecule has 1 aliphatic rings. The minimum Gasteiger partial charge on any atom is -0.493 e. The number of fused-ring (bicyclic) bond motifs is 1. The van der Waals surface area contributed by atoms with Crippen molar-refractivity contribution in [1.82, 2.24) is 4.98 Å². The van der Waals surface area contributed by atoms with Crippen LogP contribution in [-0.4, -0.2) is 21.3 Å². The van der Waals surface area contributed by atoms with Crippen molar-refractivity contribution in [3.63, 3.8) is 0 Å². The molecule has 70 valence electrons. The van der Waals surface area contributed by atoms with Crippen LogP contribution in [0.15, 0.2) is 12.1 Å². The van der Waals surface area contributed by atoms with E-state index in [1.54, 1.807) is 6.07 Å². The van der Waals surface area contributed by atoms with E-state index in [9.17, 15) is 5.11 Å². The maximum absolute atomic E-state index is 9.48. The first kappa shape index (κ1) is 8.47. The largest absolute Gasteiger partial charge is 0.493 e. The first-order chi connectivity index (χ1) is 6.16. The van der Waals surface area contributed by atoms with E-state index in [1.165, 1.54) is 6.07 Å². The molecular weight excluding hydrogens is 170 g/mol. The zero-order valence-corrected chi connectivity index (χ0v) is 7.27. The Morgan fingerprint density at radius 3 is 3.08 bits per heavy atom. The van der Waals surface area contributed by atoms with Crippen molar-refractivity contribution in [3.05, 3.63) is 23.4 Å². The van der Waals surface area contributed by atoms with Gasteiger partial charge in [-0.05, 0) is 13.0 Å². The predicted octanol–water partition coefficient (Wildman–Crippen LogP) is 0.739. The van der Waals surface area contributed by atoms with Gasteiger partial charge in [0.05, 0.1) is 11.8 Å². The van der Waals surface area contributed by atoms with Gasteiger partial charge in [-0.25, -0.2) is 4.98 Å². The average molecular weight is 181 g/mol. The molecule has 4 heteroatoms. The molecule has 2 rings (SSSR count). The summed E-state index contributed by atoms with van der Waals surface area (Å²) in [6, 6.07) is 3.08. The summed E-state index contributed by atoms with van der Waals surface area (Å²) >= 11 is 0. The highest BCUT2D eigenvalue weighted by Crippen LogP contribution is 2.27. The lowest BCUT2D eigenvalue weighted by Crippen LogP contribution is -2.24. The van der Waals surface area contributed by atoms with Crippen LogP contribution in [0.4, 0.5) is 0 Å². The van der Waals surface area contributed by atoms with Gasteiger partial charge in [-0.15, -0.1) is 0 Å². The number of hydrogen-bond donors (Lipinski definition) is 2. The van der Waals surface area contributed by atoms with Crippen LogP contribution in [-0.2, 0) is 11.2 Å². The molecule has 2 heterocycles. The highest BCUT2D eigenvalue weighted by molar-refractivity contribution is 5.28. The highest BCUT2D eigenvalue weighted by atomic mass is 16.6. The molecule has 0 bridgehead atoms. The van der Waals surface area contributed by atoms with Crippen LogP contribution in [0.5, 0.6) is 5.88 Å². The molecule has 0 saturated carbocycles. The molecule has 4 nitrogen and oxygen atoms in total. The fourth-order valence-corrected chi connectivity index (χ4v) is 1.50. The number of ether oxygens (including phenoxy) is 1. The van der Waals surface area contributed by atoms with Gasteiger partial charge in [-0.3, -0.25) is 0 Å². The monoisotopic (exact) mass is 181 g/mol. The minimum atomic E-state index is -0.910. The van der Waals surface area contributed by atoms with Gasteiger partial charge < -0.3 is 14.9 Å². The van der Waals surface area contributed by atoms with E-state index in [0.717, 1.165) is 0 Å². The van der Waals surface area contributed by atoms with Gasteiger partial charge in [0.15, 0.2) is 6.29 Å². The number of hydrogen-bond acceptors (Lipinski definition) is 4. The van der Waals surface area contributed by atoms with Crippen LogP contribution in [0.2, 0.25) is 0 Å². The van der Waals surface area contributed by atoms with E-state index in [2.05, 4.69) is 4.98 Å². The summed E-state index contributed by atoms with van der Waals surface area (Å²) in [6.45, 7) is 1.86. The summed E-state index contributed by atoms with van der Waals surface area (Å²) in [7, 11) is 0. The summed E-state index contributed by atoms with van der Waals surface area (Å²) in [5.74, 6) is -0.0138. The molecule has 0 spiro atoms. The van der Waals surface area contributed by atoms with E-state index in [4.69, 9.17) is 9.84 Å². The molecule has 1 aromatic heterocycles. The first-order valence-corrected chi connectivity index (χ1v) is 4.19. The van der Waals surface area contributed by atoms with E-state index in [1.807, 2.05) is 6.92 Å². The van der Waals surface area contributed by atoms with Crippen molar-refractivity contribution >= 4 is 0 Å². The summed E-state index contributed by atoms with van der Waals surface area (Å²) in [5.41, 5.74) is 1.36. The molecule has 0 aliphatic carbocycles. The summed E-state index contributed by atoms with van der Waals surface area (Å²) in [5, 5.41) is 18.6. The van der Waals surface area contributed by atoms with Crippen molar-refractivity contribution in [2.45, 2.75) is 25.7 Å². The molecule has 0 aromatic carbocycles. The minimum absolute atomic E-state index is 0.0138. The topological polar surface area (TPSA) is 62.6 Å². The van der Waals surface area contributed by atoms with Gasteiger partial charge >= 0.3 is 0 Å². The van der Waals surface area contributed by atoms with Crippen molar-refractivity contribution < 1.29 is 14.9 Å². The van der Waals surface area contributed by atoms with Crippen molar-refractivity contribution in [2.75, 3.05) is 0 Å². The molecule has 2 N–H and O–H groups in total. The van der Waals surface area contributed by atoms with Crippen LogP contribution in [0.1, 0.15) is 24.5 Å². The molecule has 0 saturated heterocycles. The third kappa shape index (κ3) is 1.50. The van der Waals surface area contributed by atoms with Crippen LogP contribution in [0.25, 0.3) is 0 Å². The van der Waals surface area contributed by atoms with Gasteiger partial charge in [0.1, 0.15) is 0 Å². The average Bonchev–Trinajstić information content (AvgIpc) is 2.02. The summed E-state index contributed by atoms with van der Waals surface area (Å²) in [6.07, 6.45) is -0.343. The molecule has 0 amide bonds. The SMILES string of the molecule is CC1Cc2nc(O)ccc2C(O)O1. The Morgan fingerprint density at radius 2 is 2.31 bits per heavy atom. The van der Waals surface area contributed by atoms with E-state index in [-0.39, 0.29) is 12.0 Å². The lowest BCUT2D eigenvalue weighted by Gasteiger charge is -2.25. The predicted molar refractivity (Wildman–Crippen MR) is 45.1 cm³/mol. The Labute approximate surface area is 75.8 Å². The second-order valence-electron chi connectivity index (χ2n) is 3.21. The maximum atomic E-state index is 9.48. The molecule has 13 heavy (non-hydrogen) atoms. The maximum Gasteiger partial charge on any atom is 0.210 e. The standard InChI is InChI=1S/C9H11NO3/c1-5-4-7-6(9(12)13-5)2-3-8(11)10-7/h2-3,5,9,12H,4H2,1H3,(H,10,11). The van der Waals surface area contributed by atoms with Crippen molar-refractivity contribution in [3.8, 4) is 5.88 Å². The van der Waals surface area contributed by atoms with Crippen LogP contribution in [0.3, 0.4) is 0 Å². The number of rotatable bonds is 0. The molecule has 1 aromatic rings. The van der Waals surface area contributed by atoms with E-state index in [0.29, 0.717) is 17.7 Å². The molecule has 2 atom stereocenters. The van der Waals surface area contributed by atoms with Gasteiger partial charge in [0, 0.05) is 18.1 Å². The Balaban J connectivity index is 2.43. The summed E-state index contributed by atoms with van der Waals surface area (Å²) in [4.78, 5) is 3.93. The molecular formula is C9H11NO3. The number of aromatic nitrogens is 1. The summed E-state index contributed by atoms with van der Waals surface area (Å²) < 4.78 is 5.19. The third-order valence-electron chi connectivity index (χ3n) is 2.10. The van der Waals surface area contributed by atoms with Crippen molar-refractivity contribution in [2.24, 2.45) is 0 Å². The van der Waals surface area contributed by atoms with Gasteiger partial charge in [0.2, 0.25) is 5.88 Å². The first-order valence-electron chi connectivity index (χ1n) is 4.19. The quantitative estimate of drug-likeness (QED) is 0.619. The Morgan fingerprint density at radius 1 is 1.54 bits per heavy atom. The Kier molecular flexibility index (Phi) is 1.94. The van der Waals surface area contributed by atoms with Gasteiger partial charge in [-0.1, -0.05) is 0 Å². The fourth-order valence-electron chi connectivity index (χ4n) is 1.50.